The summed E-state index contributed by atoms with van der Waals surface area (Å²) in [6.07, 6.45) is 0. The highest BCUT2D eigenvalue weighted by atomic mass is 35.5. The molecule has 3 aromatic heterocycles. The second-order valence-corrected chi connectivity index (χ2v) is 6.86. The zero-order valence-electron chi connectivity index (χ0n) is 15.1. The largest absolute Gasteiger partial charge is 0.480 e. The molecule has 0 aromatic carbocycles. The van der Waals surface area contributed by atoms with Gasteiger partial charge in [0.15, 0.2) is 5.82 Å². The third kappa shape index (κ3) is 3.01. The minimum Gasteiger partial charge on any atom is -0.480 e. The van der Waals surface area contributed by atoms with E-state index in [2.05, 4.69) is 36.0 Å². The van der Waals surface area contributed by atoms with Crippen LogP contribution in [-0.4, -0.2) is 70.3 Å². The van der Waals surface area contributed by atoms with Crippen LogP contribution in [0.15, 0.2) is 6.07 Å². The molecule has 27 heavy (non-hydrogen) atoms. The zero-order valence-corrected chi connectivity index (χ0v) is 15.8. The highest BCUT2D eigenvalue weighted by Crippen LogP contribution is 2.37. The topological polar surface area (TPSA) is 124 Å². The van der Waals surface area contributed by atoms with Gasteiger partial charge in [0, 0.05) is 38.7 Å². The lowest BCUT2D eigenvalue weighted by molar-refractivity contribution is 0.0816. The first-order chi connectivity index (χ1) is 13.0. The molecule has 142 valence electrons. The molecule has 1 aliphatic rings. The van der Waals surface area contributed by atoms with Gasteiger partial charge in [0.05, 0.1) is 23.8 Å². The minimum atomic E-state index is -0.251. The lowest BCUT2D eigenvalue weighted by Crippen LogP contribution is -2.22. The van der Waals surface area contributed by atoms with Crippen molar-refractivity contribution in [3.63, 3.8) is 0 Å². The van der Waals surface area contributed by atoms with Gasteiger partial charge in [0.25, 0.3) is 5.91 Å². The van der Waals surface area contributed by atoms with Crippen LogP contribution in [0.4, 0.5) is 0 Å². The second kappa shape index (κ2) is 6.80. The van der Waals surface area contributed by atoms with Crippen molar-refractivity contribution in [1.29, 1.82) is 0 Å². The number of aromatic nitrogens is 5. The number of H-pyrrole nitrogens is 2. The first kappa shape index (κ1) is 17.7. The van der Waals surface area contributed by atoms with Crippen LogP contribution >= 0.6 is 11.6 Å². The predicted molar refractivity (Wildman–Crippen MR) is 99.8 cm³/mol. The lowest BCUT2D eigenvalue weighted by atomic mass is 9.98. The lowest BCUT2D eigenvalue weighted by Gasteiger charge is -2.09. The van der Waals surface area contributed by atoms with Crippen LogP contribution in [0.2, 0.25) is 5.02 Å². The van der Waals surface area contributed by atoms with Crippen molar-refractivity contribution in [1.82, 2.24) is 40.9 Å². The highest BCUT2D eigenvalue weighted by molar-refractivity contribution is 6.32. The van der Waals surface area contributed by atoms with Crippen molar-refractivity contribution in [3.8, 4) is 17.4 Å². The summed E-state index contributed by atoms with van der Waals surface area (Å²) in [6, 6.07) is 1.77. The van der Waals surface area contributed by atoms with E-state index in [-0.39, 0.29) is 17.6 Å². The van der Waals surface area contributed by atoms with Crippen LogP contribution in [0.1, 0.15) is 22.1 Å². The number of hydrogen-bond donors (Lipinski definition) is 4. The van der Waals surface area contributed by atoms with Gasteiger partial charge in [-0.15, -0.1) is 0 Å². The number of carbonyl (C=O) groups is 1. The normalized spacial score (nSPS) is 14.8. The molecule has 0 atom stereocenters. The van der Waals surface area contributed by atoms with Crippen LogP contribution in [0.3, 0.4) is 0 Å². The van der Waals surface area contributed by atoms with Gasteiger partial charge in [0.1, 0.15) is 5.02 Å². The number of methoxy groups -OCH3 is 1. The first-order valence-electron chi connectivity index (χ1n) is 8.35. The summed E-state index contributed by atoms with van der Waals surface area (Å²) >= 11 is 6.23. The van der Waals surface area contributed by atoms with E-state index in [1.54, 1.807) is 20.2 Å². The maximum atomic E-state index is 12.1. The molecule has 10 nitrogen and oxygen atoms in total. The van der Waals surface area contributed by atoms with E-state index >= 15 is 0 Å². The molecule has 1 amide bonds. The maximum absolute atomic E-state index is 12.1. The molecular formula is C16H19ClN8O2. The van der Waals surface area contributed by atoms with Crippen LogP contribution in [0.5, 0.6) is 5.88 Å². The summed E-state index contributed by atoms with van der Waals surface area (Å²) in [5, 5.41) is 7.35. The summed E-state index contributed by atoms with van der Waals surface area (Å²) in [6.45, 7) is 1.45. The quantitative estimate of drug-likeness (QED) is 0.521. The van der Waals surface area contributed by atoms with Gasteiger partial charge in [-0.05, 0) is 6.07 Å². The Morgan fingerprint density at radius 3 is 2.70 bits per heavy atom. The molecule has 1 saturated heterocycles. The molecule has 1 fully saturated rings. The third-order valence-electron chi connectivity index (χ3n) is 4.47. The van der Waals surface area contributed by atoms with Gasteiger partial charge in [-0.25, -0.2) is 9.97 Å². The van der Waals surface area contributed by atoms with Gasteiger partial charge in [-0.1, -0.05) is 11.6 Å². The SMILES string of the molecule is COc1nc2c(C3CNNC3)c(-c3n[nH]c(C(=O)N(C)C)n3)[nH]c2cc1Cl. The summed E-state index contributed by atoms with van der Waals surface area (Å²) in [5.74, 6) is 0.812. The number of fused-ring (bicyclic) bond motifs is 1. The number of ether oxygens (including phenoxy) is 1. The van der Waals surface area contributed by atoms with E-state index in [9.17, 15) is 4.79 Å². The standard InChI is InChI=1S/C16H19ClN8O2/c1-25(2)16(26)14-22-13(23-24-14)12-10(7-5-18-19-6-7)11-9(20-12)4-8(17)15(21-11)27-3/h4,7,18-20H,5-6H2,1-3H3,(H,22,23,24). The fourth-order valence-electron chi connectivity index (χ4n) is 3.16. The number of rotatable bonds is 4. The van der Waals surface area contributed by atoms with E-state index in [0.29, 0.717) is 22.4 Å². The van der Waals surface area contributed by atoms with Gasteiger partial charge >= 0.3 is 0 Å². The van der Waals surface area contributed by atoms with Crippen LogP contribution in [0, 0.1) is 0 Å². The summed E-state index contributed by atoms with van der Waals surface area (Å²) in [4.78, 5) is 25.8. The molecule has 0 radical (unpaired) electrons. The first-order valence-corrected chi connectivity index (χ1v) is 8.73. The average Bonchev–Trinajstić information content (AvgIpc) is 3.38. The third-order valence-corrected chi connectivity index (χ3v) is 4.74. The number of nitrogens with zero attached hydrogens (tertiary/aromatic N) is 4. The molecule has 0 unspecified atom stereocenters. The molecule has 0 spiro atoms. The van der Waals surface area contributed by atoms with Crippen molar-refractivity contribution >= 4 is 28.5 Å². The van der Waals surface area contributed by atoms with Crippen LogP contribution < -0.4 is 15.6 Å². The Bertz CT molecular complexity index is 1010. The number of pyridine rings is 1. The zero-order chi connectivity index (χ0) is 19.1. The maximum Gasteiger partial charge on any atom is 0.290 e. The Morgan fingerprint density at radius 2 is 2.04 bits per heavy atom. The minimum absolute atomic E-state index is 0.138. The van der Waals surface area contributed by atoms with E-state index < -0.39 is 0 Å². The number of hydrazine groups is 1. The summed E-state index contributed by atoms with van der Waals surface area (Å²) in [5.41, 5.74) is 9.39. The Hall–Kier alpha value is -2.69. The molecule has 1 aliphatic heterocycles. The van der Waals surface area contributed by atoms with Crippen molar-refractivity contribution in [2.24, 2.45) is 0 Å². The molecule has 11 heteroatoms. The summed E-state index contributed by atoms with van der Waals surface area (Å²) in [7, 11) is 4.85. The van der Waals surface area contributed by atoms with Crippen LogP contribution in [0.25, 0.3) is 22.6 Å². The molecule has 4 N–H and O–H groups in total. The average molecular weight is 391 g/mol. The molecule has 0 aliphatic carbocycles. The van der Waals surface area contributed by atoms with Gasteiger partial charge in [-0.3, -0.25) is 20.7 Å². The van der Waals surface area contributed by atoms with Gasteiger partial charge < -0.3 is 14.6 Å². The Balaban J connectivity index is 1.89. The van der Waals surface area contributed by atoms with E-state index in [1.807, 2.05) is 0 Å². The second-order valence-electron chi connectivity index (χ2n) is 6.46. The van der Waals surface area contributed by atoms with E-state index in [1.165, 1.54) is 12.0 Å². The van der Waals surface area contributed by atoms with Crippen LogP contribution in [-0.2, 0) is 0 Å². The summed E-state index contributed by atoms with van der Waals surface area (Å²) < 4.78 is 5.27. The van der Waals surface area contributed by atoms with Gasteiger partial charge in [-0.2, -0.15) is 5.10 Å². The Kier molecular flexibility index (Phi) is 4.46. The number of amides is 1. The fourth-order valence-corrected chi connectivity index (χ4v) is 3.39. The molecule has 4 rings (SSSR count). The molecule has 4 heterocycles. The molecule has 0 bridgehead atoms. The van der Waals surface area contributed by atoms with Crippen molar-refractivity contribution in [2.75, 3.05) is 34.3 Å². The molecule has 0 saturated carbocycles. The van der Waals surface area contributed by atoms with E-state index in [4.69, 9.17) is 16.3 Å². The van der Waals surface area contributed by atoms with Crippen molar-refractivity contribution in [2.45, 2.75) is 5.92 Å². The molecular weight excluding hydrogens is 372 g/mol. The number of halogens is 1. The predicted octanol–water partition coefficient (Wildman–Crippen LogP) is 0.903. The van der Waals surface area contributed by atoms with Gasteiger partial charge in [0.2, 0.25) is 11.7 Å². The number of nitrogens with one attached hydrogen (secondary N) is 4. The van der Waals surface area contributed by atoms with E-state index in [0.717, 1.165) is 29.7 Å². The van der Waals surface area contributed by atoms with Crippen molar-refractivity contribution in [3.05, 3.63) is 22.5 Å². The number of hydrogen-bond acceptors (Lipinski definition) is 7. The fraction of sp³-hybridized carbons (Fsp3) is 0.375. The Morgan fingerprint density at radius 1 is 1.30 bits per heavy atom. The monoisotopic (exact) mass is 390 g/mol. The Labute approximate surface area is 159 Å². The number of aromatic amines is 2. The highest BCUT2D eigenvalue weighted by Gasteiger charge is 2.28. The van der Waals surface area contributed by atoms with Crippen molar-refractivity contribution < 1.29 is 9.53 Å². The molecule has 3 aromatic rings. The number of carbonyl (C=O) groups excluding carboxylic acids is 1. The smallest absolute Gasteiger partial charge is 0.290 e.